The lowest BCUT2D eigenvalue weighted by Gasteiger charge is -2.26. The Morgan fingerprint density at radius 1 is 1.60 bits per heavy atom. The molecule has 0 amide bonds. The summed E-state index contributed by atoms with van der Waals surface area (Å²) >= 11 is 3.23. The van der Waals surface area contributed by atoms with Crippen molar-refractivity contribution in [3.63, 3.8) is 0 Å². The Kier molecular flexibility index (Phi) is 2.86. The molecule has 1 heterocycles. The molecule has 0 saturated heterocycles. The van der Waals surface area contributed by atoms with Gasteiger partial charge in [0.1, 0.15) is 6.20 Å². The lowest BCUT2D eigenvalue weighted by Crippen LogP contribution is -2.25. The predicted molar refractivity (Wildman–Crippen MR) is 56.9 cm³/mol. The van der Waals surface area contributed by atoms with E-state index in [2.05, 4.69) is 20.9 Å². The Labute approximate surface area is 94.7 Å². The minimum absolute atomic E-state index is 0.101. The van der Waals surface area contributed by atoms with Crippen molar-refractivity contribution in [3.05, 3.63) is 26.9 Å². The summed E-state index contributed by atoms with van der Waals surface area (Å²) in [4.78, 5) is 13.9. The summed E-state index contributed by atoms with van der Waals surface area (Å²) in [5, 5.41) is 10.7. The predicted octanol–water partition coefficient (Wildman–Crippen LogP) is 2.68. The molecule has 0 aliphatic heterocycles. The number of rotatable bonds is 3. The molecular formula is C9H9BrN2O3. The Morgan fingerprint density at radius 2 is 2.33 bits per heavy atom. The van der Waals surface area contributed by atoms with Crippen molar-refractivity contribution in [2.45, 2.75) is 25.4 Å². The molecule has 1 aromatic rings. The van der Waals surface area contributed by atoms with Crippen molar-refractivity contribution in [2.24, 2.45) is 0 Å². The lowest BCUT2D eigenvalue weighted by molar-refractivity contribution is -0.390. The molecule has 1 aromatic heterocycles. The van der Waals surface area contributed by atoms with E-state index in [1.54, 1.807) is 6.07 Å². The molecule has 0 unspecified atom stereocenters. The number of ether oxygens (including phenoxy) is 1. The van der Waals surface area contributed by atoms with Gasteiger partial charge in [0, 0.05) is 6.07 Å². The number of hydrogen-bond acceptors (Lipinski definition) is 4. The monoisotopic (exact) mass is 272 g/mol. The molecule has 0 spiro atoms. The van der Waals surface area contributed by atoms with Crippen LogP contribution in [0.2, 0.25) is 0 Å². The Balaban J connectivity index is 2.29. The minimum Gasteiger partial charge on any atom is -0.482 e. The highest BCUT2D eigenvalue weighted by atomic mass is 79.9. The van der Waals surface area contributed by atoms with E-state index in [0.29, 0.717) is 4.47 Å². The smallest absolute Gasteiger partial charge is 0.407 e. The number of halogens is 1. The first-order valence-electron chi connectivity index (χ1n) is 4.64. The molecule has 5 nitrogen and oxygen atoms in total. The fourth-order valence-corrected chi connectivity index (χ4v) is 1.70. The molecule has 15 heavy (non-hydrogen) atoms. The average molecular weight is 273 g/mol. The quantitative estimate of drug-likeness (QED) is 0.627. The van der Waals surface area contributed by atoms with Crippen LogP contribution in [0.4, 0.5) is 5.82 Å². The van der Waals surface area contributed by atoms with Gasteiger partial charge in [-0.2, -0.15) is 0 Å². The van der Waals surface area contributed by atoms with Crippen LogP contribution >= 0.6 is 15.9 Å². The topological polar surface area (TPSA) is 65.3 Å². The molecule has 0 N–H and O–H groups in total. The van der Waals surface area contributed by atoms with Gasteiger partial charge in [0.05, 0.1) is 10.6 Å². The fraction of sp³-hybridized carbons (Fsp3) is 0.444. The number of aromatic nitrogens is 1. The number of pyridine rings is 1. The standard InChI is InChI=1S/C9H9BrN2O3/c10-7-4-5-11-9(12(13)14)8(7)15-6-2-1-3-6/h4-6H,1-3H2. The Bertz CT molecular complexity index is 393. The molecule has 0 atom stereocenters. The molecule has 0 radical (unpaired) electrons. The number of nitrogens with zero attached hydrogens (tertiary/aromatic N) is 2. The SMILES string of the molecule is O=[N+]([O-])c1nccc(Br)c1OC1CCC1. The van der Waals surface area contributed by atoms with Crippen molar-refractivity contribution in [2.75, 3.05) is 0 Å². The van der Waals surface area contributed by atoms with Gasteiger partial charge in [-0.3, -0.25) is 0 Å². The number of hydrogen-bond donors (Lipinski definition) is 0. The first-order chi connectivity index (χ1) is 7.18. The normalized spacial score (nSPS) is 15.8. The second kappa shape index (κ2) is 4.14. The Morgan fingerprint density at radius 3 is 2.87 bits per heavy atom. The summed E-state index contributed by atoms with van der Waals surface area (Å²) in [6.07, 6.45) is 4.52. The third-order valence-electron chi connectivity index (χ3n) is 2.35. The zero-order valence-corrected chi connectivity index (χ0v) is 9.44. The van der Waals surface area contributed by atoms with Crippen LogP contribution in [0.15, 0.2) is 16.7 Å². The van der Waals surface area contributed by atoms with Crippen LogP contribution in [0.1, 0.15) is 19.3 Å². The maximum Gasteiger partial charge on any atom is 0.407 e. The summed E-state index contributed by atoms with van der Waals surface area (Å²) < 4.78 is 6.10. The molecule has 0 bridgehead atoms. The van der Waals surface area contributed by atoms with Crippen LogP contribution in [0.5, 0.6) is 5.75 Å². The van der Waals surface area contributed by atoms with Crippen LogP contribution in [0, 0.1) is 10.1 Å². The van der Waals surface area contributed by atoms with Crippen molar-refractivity contribution in [3.8, 4) is 5.75 Å². The minimum atomic E-state index is -0.529. The van der Waals surface area contributed by atoms with Gasteiger partial charge in [-0.1, -0.05) is 0 Å². The van der Waals surface area contributed by atoms with Crippen LogP contribution < -0.4 is 4.74 Å². The van der Waals surface area contributed by atoms with Crippen molar-refractivity contribution < 1.29 is 9.66 Å². The third-order valence-corrected chi connectivity index (χ3v) is 2.97. The van der Waals surface area contributed by atoms with Crippen molar-refractivity contribution in [1.82, 2.24) is 4.98 Å². The fourth-order valence-electron chi connectivity index (χ4n) is 1.31. The van der Waals surface area contributed by atoms with Gasteiger partial charge >= 0.3 is 5.82 Å². The van der Waals surface area contributed by atoms with E-state index in [-0.39, 0.29) is 17.7 Å². The van der Waals surface area contributed by atoms with Gasteiger partial charge in [-0.05, 0) is 45.1 Å². The second-order valence-electron chi connectivity index (χ2n) is 3.37. The maximum atomic E-state index is 10.7. The zero-order valence-electron chi connectivity index (χ0n) is 7.85. The lowest BCUT2D eigenvalue weighted by atomic mass is 9.96. The van der Waals surface area contributed by atoms with Crippen LogP contribution in [-0.2, 0) is 0 Å². The second-order valence-corrected chi connectivity index (χ2v) is 4.23. The van der Waals surface area contributed by atoms with Gasteiger partial charge in [-0.25, -0.2) is 0 Å². The van der Waals surface area contributed by atoms with Crippen LogP contribution in [-0.4, -0.2) is 16.0 Å². The summed E-state index contributed by atoms with van der Waals surface area (Å²) in [5.41, 5.74) is 0. The van der Waals surface area contributed by atoms with Gasteiger partial charge in [0.15, 0.2) is 0 Å². The summed E-state index contributed by atoms with van der Waals surface area (Å²) in [6.45, 7) is 0. The highest BCUT2D eigenvalue weighted by Gasteiger charge is 2.26. The molecule has 1 aliphatic rings. The molecule has 2 rings (SSSR count). The van der Waals surface area contributed by atoms with Gasteiger partial charge < -0.3 is 14.9 Å². The molecule has 1 fully saturated rings. The molecule has 0 aromatic carbocycles. The highest BCUT2D eigenvalue weighted by molar-refractivity contribution is 9.10. The van der Waals surface area contributed by atoms with Crippen LogP contribution in [0.25, 0.3) is 0 Å². The van der Waals surface area contributed by atoms with Crippen molar-refractivity contribution in [1.29, 1.82) is 0 Å². The molecular weight excluding hydrogens is 264 g/mol. The van der Waals surface area contributed by atoms with E-state index < -0.39 is 4.92 Å². The largest absolute Gasteiger partial charge is 0.482 e. The third kappa shape index (κ3) is 2.09. The summed E-state index contributed by atoms with van der Waals surface area (Å²) in [7, 11) is 0. The van der Waals surface area contributed by atoms with E-state index in [1.807, 2.05) is 0 Å². The highest BCUT2D eigenvalue weighted by Crippen LogP contribution is 2.36. The summed E-state index contributed by atoms with van der Waals surface area (Å²) in [5.74, 6) is 0.0171. The van der Waals surface area contributed by atoms with Gasteiger partial charge in [0.25, 0.3) is 0 Å². The van der Waals surface area contributed by atoms with E-state index >= 15 is 0 Å². The maximum absolute atomic E-state index is 10.7. The van der Waals surface area contributed by atoms with E-state index in [9.17, 15) is 10.1 Å². The van der Waals surface area contributed by atoms with E-state index in [1.165, 1.54) is 6.20 Å². The summed E-state index contributed by atoms with van der Waals surface area (Å²) in [6, 6.07) is 1.64. The first-order valence-corrected chi connectivity index (χ1v) is 5.43. The molecule has 80 valence electrons. The van der Waals surface area contributed by atoms with Crippen molar-refractivity contribution >= 4 is 21.7 Å². The van der Waals surface area contributed by atoms with Crippen LogP contribution in [0.3, 0.4) is 0 Å². The number of nitro groups is 1. The Hall–Kier alpha value is -1.17. The first kappa shape index (κ1) is 10.4. The van der Waals surface area contributed by atoms with E-state index in [4.69, 9.17) is 4.74 Å². The van der Waals surface area contributed by atoms with E-state index in [0.717, 1.165) is 19.3 Å². The molecule has 1 aliphatic carbocycles. The molecule has 6 heteroatoms. The zero-order chi connectivity index (χ0) is 10.8. The van der Waals surface area contributed by atoms with Gasteiger partial charge in [-0.15, -0.1) is 0 Å². The van der Waals surface area contributed by atoms with Gasteiger partial charge in [0.2, 0.25) is 5.75 Å². The average Bonchev–Trinajstić information content (AvgIpc) is 2.12. The molecule has 1 saturated carbocycles.